The van der Waals surface area contributed by atoms with Gasteiger partial charge in [0, 0.05) is 18.0 Å². The first-order valence-corrected chi connectivity index (χ1v) is 12.0. The van der Waals surface area contributed by atoms with E-state index in [4.69, 9.17) is 4.74 Å². The Morgan fingerprint density at radius 1 is 1.21 bits per heavy atom. The predicted molar refractivity (Wildman–Crippen MR) is 116 cm³/mol. The molecule has 1 saturated heterocycles. The van der Waals surface area contributed by atoms with Crippen molar-refractivity contribution in [3.8, 4) is 5.75 Å². The topological polar surface area (TPSA) is 75.7 Å². The number of carbonyl (C=O) groups excluding carboxylic acids is 1. The van der Waals surface area contributed by atoms with Gasteiger partial charge in [-0.2, -0.15) is 4.31 Å². The van der Waals surface area contributed by atoms with Gasteiger partial charge in [0.15, 0.2) is 0 Å². The summed E-state index contributed by atoms with van der Waals surface area (Å²) in [6.45, 7) is 2.66. The van der Waals surface area contributed by atoms with E-state index in [1.807, 2.05) is 24.3 Å². The molecule has 2 aromatic carbocycles. The highest BCUT2D eigenvalue weighted by atomic mass is 32.2. The number of amides is 1. The van der Waals surface area contributed by atoms with Crippen LogP contribution in [0.2, 0.25) is 0 Å². The van der Waals surface area contributed by atoms with Gasteiger partial charge < -0.3 is 10.1 Å². The fourth-order valence-corrected chi connectivity index (χ4v) is 5.64. The Balaban J connectivity index is 1.72. The van der Waals surface area contributed by atoms with E-state index in [-0.39, 0.29) is 23.3 Å². The minimum absolute atomic E-state index is 0.135. The van der Waals surface area contributed by atoms with Crippen molar-refractivity contribution in [3.05, 3.63) is 48.5 Å². The zero-order valence-corrected chi connectivity index (χ0v) is 18.3. The van der Waals surface area contributed by atoms with Crippen LogP contribution in [0.4, 0.5) is 5.69 Å². The van der Waals surface area contributed by atoms with Gasteiger partial charge in [-0.3, -0.25) is 4.79 Å². The van der Waals surface area contributed by atoms with Crippen LogP contribution in [0, 0.1) is 5.92 Å². The normalized spacial score (nSPS) is 17.7. The second kappa shape index (κ2) is 9.65. The van der Waals surface area contributed by atoms with Gasteiger partial charge in [-0.1, -0.05) is 19.1 Å². The second-order valence-electron chi connectivity index (χ2n) is 6.80. The number of nitrogens with one attached hydrogen (secondary N) is 1. The third-order valence-corrected chi connectivity index (χ3v) is 7.73. The number of rotatable bonds is 7. The summed E-state index contributed by atoms with van der Waals surface area (Å²) in [6.07, 6.45) is 1.32. The van der Waals surface area contributed by atoms with Gasteiger partial charge in [0.2, 0.25) is 15.9 Å². The molecule has 2 aromatic rings. The average Bonchev–Trinajstić information content (AvgIpc) is 2.75. The van der Waals surface area contributed by atoms with Gasteiger partial charge in [-0.25, -0.2) is 8.42 Å². The zero-order chi connectivity index (χ0) is 20.9. The summed E-state index contributed by atoms with van der Waals surface area (Å²) in [6, 6.07) is 14.0. The average molecular weight is 435 g/mol. The van der Waals surface area contributed by atoms with E-state index in [9.17, 15) is 13.2 Å². The lowest BCUT2D eigenvalue weighted by Crippen LogP contribution is -2.43. The third-order valence-electron chi connectivity index (χ3n) is 4.90. The summed E-state index contributed by atoms with van der Waals surface area (Å²) < 4.78 is 32.5. The standard InChI is InChI=1S/C21H26N2O4S2/c1-3-28-20-9-5-4-8-19(20)22-21(24)16-7-6-14-23(15-16)29(25,26)18-12-10-17(27-2)11-13-18/h4-5,8-13,16H,3,6-7,14-15H2,1-2H3,(H,22,24). The summed E-state index contributed by atoms with van der Waals surface area (Å²) in [5, 5.41) is 2.99. The maximum absolute atomic E-state index is 13.0. The van der Waals surface area contributed by atoms with Gasteiger partial charge in [-0.15, -0.1) is 11.8 Å². The van der Waals surface area contributed by atoms with E-state index in [0.717, 1.165) is 16.3 Å². The minimum atomic E-state index is -3.65. The van der Waals surface area contributed by atoms with Crippen LogP contribution in [0.15, 0.2) is 58.3 Å². The molecule has 29 heavy (non-hydrogen) atoms. The highest BCUT2D eigenvalue weighted by Gasteiger charge is 2.33. The first kappa shape index (κ1) is 21.7. The van der Waals surface area contributed by atoms with Crippen molar-refractivity contribution in [2.75, 3.05) is 31.3 Å². The Bertz CT molecular complexity index is 945. The summed E-state index contributed by atoms with van der Waals surface area (Å²) in [5.74, 6) is 0.994. The van der Waals surface area contributed by atoms with Gasteiger partial charge in [-0.05, 0) is 55.0 Å². The van der Waals surface area contributed by atoms with Crippen LogP contribution < -0.4 is 10.1 Å². The molecular formula is C21H26N2O4S2. The summed E-state index contributed by atoms with van der Waals surface area (Å²) >= 11 is 1.66. The van der Waals surface area contributed by atoms with Gasteiger partial charge in [0.25, 0.3) is 0 Å². The SMILES string of the molecule is CCSc1ccccc1NC(=O)C1CCCN(S(=O)(=O)c2ccc(OC)cc2)C1. The Morgan fingerprint density at radius 2 is 1.93 bits per heavy atom. The third kappa shape index (κ3) is 5.12. The lowest BCUT2D eigenvalue weighted by molar-refractivity contribution is -0.120. The van der Waals surface area contributed by atoms with Crippen molar-refractivity contribution in [1.82, 2.24) is 4.31 Å². The van der Waals surface area contributed by atoms with Crippen LogP contribution in [0.25, 0.3) is 0 Å². The summed E-state index contributed by atoms with van der Waals surface area (Å²) in [4.78, 5) is 14.1. The van der Waals surface area contributed by atoms with E-state index in [1.54, 1.807) is 23.9 Å². The molecule has 0 spiro atoms. The molecule has 1 amide bonds. The number of thioether (sulfide) groups is 1. The molecule has 1 fully saturated rings. The fourth-order valence-electron chi connectivity index (χ4n) is 3.36. The monoisotopic (exact) mass is 434 g/mol. The van der Waals surface area contributed by atoms with E-state index in [0.29, 0.717) is 25.1 Å². The molecule has 0 bridgehead atoms. The number of benzene rings is 2. The molecule has 1 unspecified atom stereocenters. The van der Waals surface area contributed by atoms with Crippen molar-refractivity contribution >= 4 is 33.4 Å². The molecule has 156 valence electrons. The van der Waals surface area contributed by atoms with Crippen LogP contribution in [0.1, 0.15) is 19.8 Å². The number of nitrogens with zero attached hydrogens (tertiary/aromatic N) is 1. The molecule has 1 heterocycles. The second-order valence-corrected chi connectivity index (χ2v) is 10.0. The van der Waals surface area contributed by atoms with Gasteiger partial charge >= 0.3 is 0 Å². The highest BCUT2D eigenvalue weighted by molar-refractivity contribution is 7.99. The number of methoxy groups -OCH3 is 1. The van der Waals surface area contributed by atoms with Gasteiger partial charge in [0.1, 0.15) is 5.75 Å². The highest BCUT2D eigenvalue weighted by Crippen LogP contribution is 2.29. The predicted octanol–water partition coefficient (Wildman–Crippen LogP) is 3.85. The Kier molecular flexibility index (Phi) is 7.21. The molecule has 3 rings (SSSR count). The molecule has 8 heteroatoms. The summed E-state index contributed by atoms with van der Waals surface area (Å²) in [7, 11) is -2.11. The maximum atomic E-state index is 13.0. The number of anilines is 1. The quantitative estimate of drug-likeness (QED) is 0.670. The molecule has 0 aromatic heterocycles. The van der Waals surface area contributed by atoms with Crippen molar-refractivity contribution in [3.63, 3.8) is 0 Å². The number of hydrogen-bond donors (Lipinski definition) is 1. The zero-order valence-electron chi connectivity index (χ0n) is 16.6. The number of para-hydroxylation sites is 1. The van der Waals surface area contributed by atoms with E-state index in [1.165, 1.54) is 23.5 Å². The van der Waals surface area contributed by atoms with Gasteiger partial charge in [0.05, 0.1) is 23.6 Å². The van der Waals surface area contributed by atoms with Crippen molar-refractivity contribution in [2.24, 2.45) is 5.92 Å². The lowest BCUT2D eigenvalue weighted by Gasteiger charge is -2.31. The van der Waals surface area contributed by atoms with Crippen molar-refractivity contribution < 1.29 is 17.9 Å². The first-order valence-electron chi connectivity index (χ1n) is 9.62. The van der Waals surface area contributed by atoms with E-state index in [2.05, 4.69) is 12.2 Å². The van der Waals surface area contributed by atoms with E-state index >= 15 is 0 Å². The van der Waals surface area contributed by atoms with Crippen molar-refractivity contribution in [2.45, 2.75) is 29.6 Å². The van der Waals surface area contributed by atoms with Crippen LogP contribution in [0.5, 0.6) is 5.75 Å². The van der Waals surface area contributed by atoms with E-state index < -0.39 is 10.0 Å². The number of carbonyl (C=O) groups is 1. The Hall–Kier alpha value is -2.03. The fraction of sp³-hybridized carbons (Fsp3) is 0.381. The largest absolute Gasteiger partial charge is 0.497 e. The molecule has 1 aliphatic rings. The molecular weight excluding hydrogens is 408 g/mol. The minimum Gasteiger partial charge on any atom is -0.497 e. The smallest absolute Gasteiger partial charge is 0.243 e. The van der Waals surface area contributed by atoms with Crippen molar-refractivity contribution in [1.29, 1.82) is 0 Å². The number of sulfonamides is 1. The van der Waals surface area contributed by atoms with Crippen LogP contribution in [0.3, 0.4) is 0 Å². The molecule has 0 aliphatic carbocycles. The number of ether oxygens (including phenoxy) is 1. The number of piperidine rings is 1. The van der Waals surface area contributed by atoms with Crippen LogP contribution in [-0.4, -0.2) is 44.6 Å². The summed E-state index contributed by atoms with van der Waals surface area (Å²) in [5.41, 5.74) is 0.777. The van der Waals surface area contributed by atoms with Crippen LogP contribution in [-0.2, 0) is 14.8 Å². The molecule has 0 radical (unpaired) electrons. The molecule has 6 nitrogen and oxygen atoms in total. The molecule has 0 saturated carbocycles. The molecule has 1 atom stereocenters. The van der Waals surface area contributed by atoms with Crippen LogP contribution >= 0.6 is 11.8 Å². The Labute approximate surface area is 176 Å². The molecule has 1 N–H and O–H groups in total. The molecule has 1 aliphatic heterocycles. The first-order chi connectivity index (χ1) is 14.0. The number of hydrogen-bond acceptors (Lipinski definition) is 5. The lowest BCUT2D eigenvalue weighted by atomic mass is 9.99. The maximum Gasteiger partial charge on any atom is 0.243 e. The Morgan fingerprint density at radius 3 is 2.62 bits per heavy atom.